The van der Waals surface area contributed by atoms with Crippen molar-refractivity contribution in [3.63, 3.8) is 0 Å². The van der Waals surface area contributed by atoms with Gasteiger partial charge in [0.15, 0.2) is 0 Å². The minimum Gasteiger partial charge on any atom is -0.488 e. The third kappa shape index (κ3) is 4.45. The smallest absolute Gasteiger partial charge is 0.411 e. The maximum Gasteiger partial charge on any atom is 0.411 e. The second-order valence-corrected chi connectivity index (χ2v) is 10.1. The molecule has 6 rings (SSSR count). The van der Waals surface area contributed by atoms with Crippen LogP contribution >= 0.6 is 0 Å². The van der Waals surface area contributed by atoms with Crippen molar-refractivity contribution in [2.75, 3.05) is 24.3 Å². The van der Waals surface area contributed by atoms with Crippen LogP contribution in [0, 0.1) is 5.92 Å². The SMILES string of the molecule is CC(OC(=O)Nc1ccc(-c2c(N)c3ccc(OC4CCOC4)cc3n2C2CCC2)cc1)C1CC1. The van der Waals surface area contributed by atoms with Crippen molar-refractivity contribution in [2.24, 2.45) is 5.92 Å². The highest BCUT2D eigenvalue weighted by Crippen LogP contribution is 2.45. The summed E-state index contributed by atoms with van der Waals surface area (Å²) in [5.41, 5.74) is 11.4. The van der Waals surface area contributed by atoms with E-state index in [1.54, 1.807) is 0 Å². The summed E-state index contributed by atoms with van der Waals surface area (Å²) in [4.78, 5) is 12.2. The molecule has 2 saturated carbocycles. The summed E-state index contributed by atoms with van der Waals surface area (Å²) >= 11 is 0. The minimum atomic E-state index is -0.402. The molecule has 1 aromatic heterocycles. The van der Waals surface area contributed by atoms with Gasteiger partial charge in [-0.15, -0.1) is 0 Å². The van der Waals surface area contributed by atoms with Gasteiger partial charge in [-0.25, -0.2) is 4.79 Å². The fourth-order valence-corrected chi connectivity index (χ4v) is 5.20. The van der Waals surface area contributed by atoms with Gasteiger partial charge in [0, 0.05) is 35.2 Å². The number of hydrogen-bond acceptors (Lipinski definition) is 5. The van der Waals surface area contributed by atoms with Crippen molar-refractivity contribution in [1.82, 2.24) is 4.57 Å². The van der Waals surface area contributed by atoms with Crippen molar-refractivity contribution in [1.29, 1.82) is 0 Å². The second-order valence-electron chi connectivity index (χ2n) is 10.1. The average Bonchev–Trinajstić information content (AvgIpc) is 3.48. The fraction of sp³-hybridized carbons (Fsp3) is 0.464. The van der Waals surface area contributed by atoms with Crippen molar-refractivity contribution < 1.29 is 19.0 Å². The van der Waals surface area contributed by atoms with Crippen LogP contribution in [0.15, 0.2) is 42.5 Å². The molecule has 7 nitrogen and oxygen atoms in total. The first-order valence-electron chi connectivity index (χ1n) is 12.8. The maximum atomic E-state index is 12.2. The zero-order valence-electron chi connectivity index (χ0n) is 20.2. The van der Waals surface area contributed by atoms with Gasteiger partial charge < -0.3 is 24.5 Å². The number of carbonyl (C=O) groups is 1. The van der Waals surface area contributed by atoms with Gasteiger partial charge in [0.05, 0.1) is 30.1 Å². The molecule has 3 fully saturated rings. The number of amides is 1. The zero-order chi connectivity index (χ0) is 23.9. The summed E-state index contributed by atoms with van der Waals surface area (Å²) in [7, 11) is 0. The lowest BCUT2D eigenvalue weighted by Crippen LogP contribution is -2.21. The van der Waals surface area contributed by atoms with Gasteiger partial charge in [-0.1, -0.05) is 12.1 Å². The molecule has 2 aliphatic carbocycles. The molecule has 0 bridgehead atoms. The molecule has 2 atom stereocenters. The van der Waals surface area contributed by atoms with Gasteiger partial charge in [-0.2, -0.15) is 0 Å². The van der Waals surface area contributed by atoms with E-state index >= 15 is 0 Å². The van der Waals surface area contributed by atoms with Crippen LogP contribution in [0.4, 0.5) is 16.2 Å². The molecular formula is C28H33N3O4. The Bertz CT molecular complexity index is 1220. The summed E-state index contributed by atoms with van der Waals surface area (Å²) in [6, 6.07) is 14.5. The van der Waals surface area contributed by atoms with Crippen LogP contribution in [0.3, 0.4) is 0 Å². The number of nitrogens with two attached hydrogens (primary N) is 1. The Morgan fingerprint density at radius 1 is 1.11 bits per heavy atom. The van der Waals surface area contributed by atoms with E-state index in [1.807, 2.05) is 37.3 Å². The minimum absolute atomic E-state index is 0.0395. The van der Waals surface area contributed by atoms with Gasteiger partial charge in [-0.3, -0.25) is 5.32 Å². The van der Waals surface area contributed by atoms with E-state index in [1.165, 1.54) is 6.42 Å². The Labute approximate surface area is 205 Å². The number of carbonyl (C=O) groups excluding carboxylic acids is 1. The molecule has 2 unspecified atom stereocenters. The number of benzene rings is 2. The first-order valence-corrected chi connectivity index (χ1v) is 12.8. The van der Waals surface area contributed by atoms with E-state index in [9.17, 15) is 4.79 Å². The zero-order valence-corrected chi connectivity index (χ0v) is 20.2. The third-order valence-electron chi connectivity index (χ3n) is 7.63. The third-order valence-corrected chi connectivity index (χ3v) is 7.63. The summed E-state index contributed by atoms with van der Waals surface area (Å²) in [5.74, 6) is 1.37. The predicted octanol–water partition coefficient (Wildman–Crippen LogP) is 6.13. The van der Waals surface area contributed by atoms with Crippen LogP contribution in [0.5, 0.6) is 5.75 Å². The summed E-state index contributed by atoms with van der Waals surface area (Å²) in [6.07, 6.45) is 6.37. The van der Waals surface area contributed by atoms with Crippen LogP contribution in [-0.2, 0) is 9.47 Å². The molecule has 1 amide bonds. The largest absolute Gasteiger partial charge is 0.488 e. The monoisotopic (exact) mass is 475 g/mol. The van der Waals surface area contributed by atoms with Crippen molar-refractivity contribution in [3.8, 4) is 17.0 Å². The van der Waals surface area contributed by atoms with E-state index in [4.69, 9.17) is 19.9 Å². The number of aromatic nitrogens is 1. The summed E-state index contributed by atoms with van der Waals surface area (Å²) < 4.78 is 19.5. The molecule has 0 spiro atoms. The number of ether oxygens (including phenoxy) is 3. The first kappa shape index (κ1) is 22.3. The molecule has 7 heteroatoms. The lowest BCUT2D eigenvalue weighted by atomic mass is 9.92. The number of hydrogen-bond donors (Lipinski definition) is 2. The molecule has 35 heavy (non-hydrogen) atoms. The molecule has 2 aromatic carbocycles. The van der Waals surface area contributed by atoms with Gasteiger partial charge in [0.25, 0.3) is 0 Å². The van der Waals surface area contributed by atoms with E-state index in [2.05, 4.69) is 22.0 Å². The molecule has 3 N–H and O–H groups in total. The summed E-state index contributed by atoms with van der Waals surface area (Å²) in [6.45, 7) is 3.35. The molecule has 2 heterocycles. The number of nitrogens with zero attached hydrogens (tertiary/aromatic N) is 1. The van der Waals surface area contributed by atoms with Gasteiger partial charge >= 0.3 is 6.09 Å². The fourth-order valence-electron chi connectivity index (χ4n) is 5.20. The number of nitrogen functional groups attached to an aromatic ring is 1. The van der Waals surface area contributed by atoms with Crippen LogP contribution < -0.4 is 15.8 Å². The highest BCUT2D eigenvalue weighted by Gasteiger charge is 2.31. The van der Waals surface area contributed by atoms with E-state index in [0.29, 0.717) is 24.3 Å². The van der Waals surface area contributed by atoms with Gasteiger partial charge in [0.1, 0.15) is 18.0 Å². The Morgan fingerprint density at radius 3 is 2.57 bits per heavy atom. The Hall–Kier alpha value is -3.19. The Balaban J connectivity index is 1.28. The number of rotatable bonds is 7. The number of anilines is 2. The molecule has 184 valence electrons. The molecule has 0 radical (unpaired) electrons. The van der Waals surface area contributed by atoms with Gasteiger partial charge in [0.2, 0.25) is 0 Å². The predicted molar refractivity (Wildman–Crippen MR) is 137 cm³/mol. The van der Waals surface area contributed by atoms with E-state index < -0.39 is 6.09 Å². The van der Waals surface area contributed by atoms with Crippen molar-refractivity contribution >= 4 is 28.4 Å². The normalized spacial score (nSPS) is 21.0. The Morgan fingerprint density at radius 2 is 1.91 bits per heavy atom. The van der Waals surface area contributed by atoms with Gasteiger partial charge in [-0.05, 0) is 69.2 Å². The standard InChI is InChI=1S/C28H33N3O4/c1-17(18-5-6-18)34-28(32)30-20-9-7-19(8-10-20)27-26(29)24-12-11-22(35-23-13-14-33-16-23)15-25(24)31(27)21-3-2-4-21/h7-12,15,17-18,21,23H,2-6,13-14,16,29H2,1H3,(H,30,32). The van der Waals surface area contributed by atoms with Crippen molar-refractivity contribution in [3.05, 3.63) is 42.5 Å². The number of fused-ring (bicyclic) bond motifs is 1. The van der Waals surface area contributed by atoms with Crippen LogP contribution in [0.2, 0.25) is 0 Å². The lowest BCUT2D eigenvalue weighted by molar-refractivity contribution is 0.108. The van der Waals surface area contributed by atoms with Crippen LogP contribution in [0.25, 0.3) is 22.2 Å². The maximum absolute atomic E-state index is 12.2. The molecular weight excluding hydrogens is 442 g/mol. The molecule has 1 saturated heterocycles. The molecule has 1 aliphatic heterocycles. The Kier molecular flexibility index (Phi) is 5.80. The summed E-state index contributed by atoms with van der Waals surface area (Å²) in [5, 5.41) is 3.89. The van der Waals surface area contributed by atoms with Crippen LogP contribution in [0.1, 0.15) is 51.5 Å². The molecule has 3 aliphatic rings. The van der Waals surface area contributed by atoms with E-state index in [-0.39, 0.29) is 12.2 Å². The topological polar surface area (TPSA) is 87.7 Å². The second kappa shape index (κ2) is 9.11. The van der Waals surface area contributed by atoms with Crippen molar-refractivity contribution in [2.45, 2.75) is 63.7 Å². The highest BCUT2D eigenvalue weighted by atomic mass is 16.6. The molecule has 3 aromatic rings. The first-order chi connectivity index (χ1) is 17.1. The average molecular weight is 476 g/mol. The van der Waals surface area contributed by atoms with Crippen LogP contribution in [-0.4, -0.2) is 36.1 Å². The van der Waals surface area contributed by atoms with E-state index in [0.717, 1.165) is 72.3 Å². The lowest BCUT2D eigenvalue weighted by Gasteiger charge is -2.30. The highest BCUT2D eigenvalue weighted by molar-refractivity contribution is 6.01. The quantitative estimate of drug-likeness (QED) is 0.429. The number of nitrogens with one attached hydrogen (secondary N) is 1.